The first kappa shape index (κ1) is 22.8. The molecule has 0 aliphatic carbocycles. The van der Waals surface area contributed by atoms with E-state index in [9.17, 15) is 18.0 Å². The monoisotopic (exact) mass is 462 g/mol. The van der Waals surface area contributed by atoms with Crippen LogP contribution in [0.1, 0.15) is 41.5 Å². The summed E-state index contributed by atoms with van der Waals surface area (Å²) in [6.07, 6.45) is 1.66. The van der Waals surface area contributed by atoms with Gasteiger partial charge in [-0.2, -0.15) is 0 Å². The first-order valence-electron chi connectivity index (χ1n) is 9.37. The second-order valence-electron chi connectivity index (χ2n) is 8.08. The molecule has 0 saturated carbocycles. The fraction of sp³-hybridized carbons (Fsp3) is 0.238. The Balaban J connectivity index is 1.79. The molecule has 1 heterocycles. The Morgan fingerprint density at radius 1 is 1.00 bits per heavy atom. The van der Waals surface area contributed by atoms with Gasteiger partial charge in [0.05, 0.1) is 10.6 Å². The molecule has 3 N–H and O–H groups in total. The molecule has 2 amide bonds. The van der Waals surface area contributed by atoms with Crippen molar-refractivity contribution in [3.05, 3.63) is 64.8 Å². The number of nitrogens with zero attached hydrogens (tertiary/aromatic N) is 1. The van der Waals surface area contributed by atoms with Gasteiger partial charge in [-0.3, -0.25) is 20.4 Å². The smallest absolute Gasteiger partial charge is 0.271 e. The average molecular weight is 463 g/mol. The summed E-state index contributed by atoms with van der Waals surface area (Å²) in [7, 11) is -2.13. The first-order chi connectivity index (χ1) is 14.4. The zero-order valence-corrected chi connectivity index (χ0v) is 19.1. The first-order valence-corrected chi connectivity index (χ1v) is 11.2. The van der Waals surface area contributed by atoms with E-state index < -0.39 is 27.4 Å². The Kier molecular flexibility index (Phi) is 6.13. The number of para-hydroxylation sites is 1. The van der Waals surface area contributed by atoms with Gasteiger partial charge in [-0.25, -0.2) is 13.1 Å². The molecule has 0 radical (unpaired) electrons. The Labute approximate surface area is 185 Å². The number of amides is 2. The summed E-state index contributed by atoms with van der Waals surface area (Å²) in [4.78, 5) is 24.9. The van der Waals surface area contributed by atoms with Crippen LogP contribution in [0.2, 0.25) is 5.02 Å². The normalized spacial score (nSPS) is 12.0. The van der Waals surface area contributed by atoms with Gasteiger partial charge in [0.15, 0.2) is 0 Å². The van der Waals surface area contributed by atoms with Gasteiger partial charge in [0.2, 0.25) is 10.0 Å². The van der Waals surface area contributed by atoms with Crippen molar-refractivity contribution in [1.82, 2.24) is 20.1 Å². The van der Waals surface area contributed by atoms with Crippen LogP contribution in [0, 0.1) is 0 Å². The van der Waals surface area contributed by atoms with Gasteiger partial charge in [-0.05, 0) is 45.0 Å². The van der Waals surface area contributed by atoms with Gasteiger partial charge in [-0.15, -0.1) is 0 Å². The highest BCUT2D eigenvalue weighted by molar-refractivity contribution is 7.89. The van der Waals surface area contributed by atoms with Gasteiger partial charge >= 0.3 is 0 Å². The molecular weight excluding hydrogens is 440 g/mol. The zero-order valence-electron chi connectivity index (χ0n) is 17.5. The van der Waals surface area contributed by atoms with E-state index in [-0.39, 0.29) is 15.5 Å². The summed E-state index contributed by atoms with van der Waals surface area (Å²) >= 11 is 6.06. The number of hydrazine groups is 1. The average Bonchev–Trinajstić information content (AvgIpc) is 3.01. The number of sulfonamides is 1. The van der Waals surface area contributed by atoms with Crippen LogP contribution >= 0.6 is 11.6 Å². The molecule has 0 spiro atoms. The molecular formula is C21H23ClN4O4S. The van der Waals surface area contributed by atoms with E-state index in [1.807, 2.05) is 35.9 Å². The molecule has 10 heteroatoms. The molecule has 1 aromatic heterocycles. The maximum absolute atomic E-state index is 12.6. The molecule has 3 aromatic rings. The SMILES string of the molecule is Cn1cc(C(=O)NNC(=O)c2ccc(Cl)c(S(=O)(=O)NC(C)(C)C)c2)c2ccccc21. The summed E-state index contributed by atoms with van der Waals surface area (Å²) < 4.78 is 29.5. The summed E-state index contributed by atoms with van der Waals surface area (Å²) in [5, 5.41) is 0.720. The lowest BCUT2D eigenvalue weighted by atomic mass is 10.1. The number of carbonyl (C=O) groups is 2. The number of carbonyl (C=O) groups excluding carboxylic acids is 2. The van der Waals surface area contributed by atoms with Crippen molar-refractivity contribution in [3.63, 3.8) is 0 Å². The topological polar surface area (TPSA) is 109 Å². The number of halogens is 1. The highest BCUT2D eigenvalue weighted by Crippen LogP contribution is 2.24. The van der Waals surface area contributed by atoms with Crippen molar-refractivity contribution in [1.29, 1.82) is 0 Å². The predicted octanol–water partition coefficient (Wildman–Crippen LogP) is 2.98. The standard InChI is InChI=1S/C21H23ClN4O4S/c1-21(2,3)25-31(29,30)18-11-13(9-10-16(18)22)19(27)23-24-20(28)15-12-26(4)17-8-6-5-7-14(15)17/h5-12,25H,1-4H3,(H,23,27)(H,24,28). The molecule has 164 valence electrons. The number of nitrogens with one attached hydrogen (secondary N) is 3. The van der Waals surface area contributed by atoms with Crippen LogP contribution in [0.5, 0.6) is 0 Å². The Hall–Kier alpha value is -2.88. The van der Waals surface area contributed by atoms with Gasteiger partial charge in [0.1, 0.15) is 4.90 Å². The fourth-order valence-electron chi connectivity index (χ4n) is 3.08. The molecule has 8 nitrogen and oxygen atoms in total. The van der Waals surface area contributed by atoms with Crippen LogP contribution < -0.4 is 15.6 Å². The fourth-order valence-corrected chi connectivity index (χ4v) is 5.03. The van der Waals surface area contributed by atoms with Crippen LogP contribution in [0.4, 0.5) is 0 Å². The molecule has 0 aliphatic heterocycles. The third-order valence-corrected chi connectivity index (χ3v) is 6.59. The van der Waals surface area contributed by atoms with Gasteiger partial charge in [-0.1, -0.05) is 29.8 Å². The van der Waals surface area contributed by atoms with E-state index in [1.165, 1.54) is 12.1 Å². The van der Waals surface area contributed by atoms with Crippen LogP contribution in [-0.2, 0) is 17.1 Å². The van der Waals surface area contributed by atoms with Crippen LogP contribution in [0.25, 0.3) is 10.9 Å². The van der Waals surface area contributed by atoms with Gasteiger partial charge < -0.3 is 4.57 Å². The molecule has 3 rings (SSSR count). The van der Waals surface area contributed by atoms with E-state index in [4.69, 9.17) is 11.6 Å². The van der Waals surface area contributed by atoms with Crippen LogP contribution in [0.15, 0.2) is 53.6 Å². The van der Waals surface area contributed by atoms with Crippen molar-refractivity contribution in [2.75, 3.05) is 0 Å². The molecule has 0 atom stereocenters. The summed E-state index contributed by atoms with van der Waals surface area (Å²) in [6, 6.07) is 11.2. The predicted molar refractivity (Wildman–Crippen MR) is 119 cm³/mol. The second kappa shape index (κ2) is 8.33. The summed E-state index contributed by atoms with van der Waals surface area (Å²) in [5.41, 5.74) is 5.24. The molecule has 0 saturated heterocycles. The van der Waals surface area contributed by atoms with E-state index >= 15 is 0 Å². The number of fused-ring (bicyclic) bond motifs is 1. The highest BCUT2D eigenvalue weighted by Gasteiger charge is 2.25. The highest BCUT2D eigenvalue weighted by atomic mass is 35.5. The lowest BCUT2D eigenvalue weighted by Crippen LogP contribution is -2.42. The maximum Gasteiger partial charge on any atom is 0.271 e. The zero-order chi connectivity index (χ0) is 23.0. The molecule has 0 unspecified atom stereocenters. The summed E-state index contributed by atoms with van der Waals surface area (Å²) in [5.74, 6) is -1.18. The molecule has 0 fully saturated rings. The third-order valence-electron chi connectivity index (χ3n) is 4.35. The van der Waals surface area contributed by atoms with Crippen molar-refractivity contribution < 1.29 is 18.0 Å². The lowest BCUT2D eigenvalue weighted by Gasteiger charge is -2.21. The Morgan fingerprint density at radius 2 is 1.65 bits per heavy atom. The van der Waals surface area contributed by atoms with Crippen LogP contribution in [-0.4, -0.2) is 30.3 Å². The molecule has 0 bridgehead atoms. The second-order valence-corrected chi connectivity index (χ2v) is 10.1. The third kappa shape index (κ3) is 5.07. The number of hydrogen-bond donors (Lipinski definition) is 3. The number of aryl methyl sites for hydroxylation is 1. The molecule has 0 aliphatic rings. The molecule has 2 aromatic carbocycles. The minimum absolute atomic E-state index is 0.0203. The largest absolute Gasteiger partial charge is 0.350 e. The summed E-state index contributed by atoms with van der Waals surface area (Å²) in [6.45, 7) is 5.08. The van der Waals surface area contributed by atoms with Gasteiger partial charge in [0.25, 0.3) is 11.8 Å². The Morgan fingerprint density at radius 3 is 2.32 bits per heavy atom. The van der Waals surface area contributed by atoms with Gasteiger partial charge in [0, 0.05) is 35.2 Å². The minimum atomic E-state index is -3.95. The van der Waals surface area contributed by atoms with Crippen molar-refractivity contribution in [2.45, 2.75) is 31.2 Å². The van der Waals surface area contributed by atoms with Crippen molar-refractivity contribution in [2.24, 2.45) is 7.05 Å². The van der Waals surface area contributed by atoms with E-state index in [0.717, 1.165) is 17.0 Å². The number of hydrogen-bond acceptors (Lipinski definition) is 4. The number of aromatic nitrogens is 1. The van der Waals surface area contributed by atoms with Crippen molar-refractivity contribution >= 4 is 44.3 Å². The van der Waals surface area contributed by atoms with Crippen molar-refractivity contribution in [3.8, 4) is 0 Å². The lowest BCUT2D eigenvalue weighted by molar-refractivity contribution is 0.0847. The van der Waals surface area contributed by atoms with E-state index in [2.05, 4.69) is 15.6 Å². The van der Waals surface area contributed by atoms with E-state index in [0.29, 0.717) is 5.56 Å². The molecule has 31 heavy (non-hydrogen) atoms. The van der Waals surface area contributed by atoms with Crippen LogP contribution in [0.3, 0.4) is 0 Å². The Bertz CT molecular complexity index is 1280. The quantitative estimate of drug-likeness (QED) is 0.518. The van der Waals surface area contributed by atoms with E-state index in [1.54, 1.807) is 27.0 Å². The maximum atomic E-state index is 12.6. The minimum Gasteiger partial charge on any atom is -0.350 e. The number of rotatable bonds is 4. The number of benzene rings is 2.